The SMILES string of the molecule is O=C(NC1CCN(Cc2nnc(-c3ccc([N+](=O)[O-])cc3)o2)CC1)c1ccc(F)cc1. The van der Waals surface area contributed by atoms with Crippen molar-refractivity contribution >= 4 is 11.6 Å². The maximum atomic E-state index is 13.0. The zero-order chi connectivity index (χ0) is 21.8. The van der Waals surface area contributed by atoms with Crippen LogP contribution in [0.25, 0.3) is 11.5 Å². The highest BCUT2D eigenvalue weighted by Gasteiger charge is 2.23. The Morgan fingerprint density at radius 2 is 1.81 bits per heavy atom. The summed E-state index contributed by atoms with van der Waals surface area (Å²) in [5.74, 6) is 0.194. The summed E-state index contributed by atoms with van der Waals surface area (Å²) in [6.07, 6.45) is 1.55. The summed E-state index contributed by atoms with van der Waals surface area (Å²) >= 11 is 0. The van der Waals surface area contributed by atoms with Crippen molar-refractivity contribution in [1.82, 2.24) is 20.4 Å². The molecule has 3 aromatic rings. The minimum absolute atomic E-state index is 0.00196. The zero-order valence-electron chi connectivity index (χ0n) is 16.5. The second-order valence-corrected chi connectivity index (χ2v) is 7.34. The lowest BCUT2D eigenvalue weighted by atomic mass is 10.0. The van der Waals surface area contributed by atoms with E-state index in [0.29, 0.717) is 29.5 Å². The van der Waals surface area contributed by atoms with Crippen LogP contribution in [0.1, 0.15) is 29.1 Å². The van der Waals surface area contributed by atoms with Gasteiger partial charge in [-0.05, 0) is 49.2 Å². The molecule has 2 heterocycles. The monoisotopic (exact) mass is 425 g/mol. The van der Waals surface area contributed by atoms with Gasteiger partial charge in [-0.1, -0.05) is 0 Å². The van der Waals surface area contributed by atoms with E-state index in [0.717, 1.165) is 25.9 Å². The molecule has 1 fully saturated rings. The molecule has 1 amide bonds. The Morgan fingerprint density at radius 3 is 2.45 bits per heavy atom. The molecule has 0 saturated carbocycles. The van der Waals surface area contributed by atoms with Gasteiger partial charge < -0.3 is 9.73 Å². The lowest BCUT2D eigenvalue weighted by molar-refractivity contribution is -0.384. The van der Waals surface area contributed by atoms with Crippen LogP contribution in [0.5, 0.6) is 0 Å². The molecule has 0 bridgehead atoms. The van der Waals surface area contributed by atoms with Crippen molar-refractivity contribution in [3.63, 3.8) is 0 Å². The number of carbonyl (C=O) groups excluding carboxylic acids is 1. The number of nitrogens with zero attached hydrogens (tertiary/aromatic N) is 4. The van der Waals surface area contributed by atoms with Crippen LogP contribution in [0, 0.1) is 15.9 Å². The minimum atomic E-state index is -0.464. The van der Waals surface area contributed by atoms with Crippen molar-refractivity contribution in [3.8, 4) is 11.5 Å². The van der Waals surface area contributed by atoms with Crippen LogP contribution in [-0.2, 0) is 6.54 Å². The number of hydrogen-bond acceptors (Lipinski definition) is 7. The summed E-state index contributed by atoms with van der Waals surface area (Å²) in [6, 6.07) is 11.5. The molecule has 1 aromatic heterocycles. The number of non-ortho nitro benzene ring substituents is 1. The molecule has 0 unspecified atom stereocenters. The largest absolute Gasteiger partial charge is 0.419 e. The van der Waals surface area contributed by atoms with Crippen LogP contribution in [-0.4, -0.2) is 45.1 Å². The summed E-state index contributed by atoms with van der Waals surface area (Å²) in [7, 11) is 0. The molecule has 1 saturated heterocycles. The van der Waals surface area contributed by atoms with Gasteiger partial charge in [-0.3, -0.25) is 19.8 Å². The van der Waals surface area contributed by atoms with Crippen LogP contribution in [0.4, 0.5) is 10.1 Å². The number of benzene rings is 2. The highest BCUT2D eigenvalue weighted by atomic mass is 19.1. The molecule has 0 spiro atoms. The second-order valence-electron chi connectivity index (χ2n) is 7.34. The van der Waals surface area contributed by atoms with Gasteiger partial charge in [0.15, 0.2) is 0 Å². The van der Waals surface area contributed by atoms with E-state index < -0.39 is 4.92 Å². The van der Waals surface area contributed by atoms with Gasteiger partial charge in [0.1, 0.15) is 5.82 Å². The number of nitro groups is 1. The van der Waals surface area contributed by atoms with Crippen LogP contribution in [0.3, 0.4) is 0 Å². The first-order valence-corrected chi connectivity index (χ1v) is 9.84. The Balaban J connectivity index is 1.28. The van der Waals surface area contributed by atoms with E-state index in [1.807, 2.05) is 0 Å². The molecule has 4 rings (SSSR count). The van der Waals surface area contributed by atoms with Crippen molar-refractivity contribution in [2.75, 3.05) is 13.1 Å². The summed E-state index contributed by atoms with van der Waals surface area (Å²) in [5, 5.41) is 21.8. The van der Waals surface area contributed by atoms with E-state index >= 15 is 0 Å². The van der Waals surface area contributed by atoms with Crippen LogP contribution < -0.4 is 5.32 Å². The van der Waals surface area contributed by atoms with Crippen LogP contribution in [0.2, 0.25) is 0 Å². The average Bonchev–Trinajstić information content (AvgIpc) is 3.24. The highest BCUT2D eigenvalue weighted by molar-refractivity contribution is 5.94. The molecule has 1 aliphatic heterocycles. The maximum absolute atomic E-state index is 13.0. The number of carbonyl (C=O) groups is 1. The lowest BCUT2D eigenvalue weighted by Crippen LogP contribution is -2.44. The van der Waals surface area contributed by atoms with E-state index in [1.165, 1.54) is 36.4 Å². The minimum Gasteiger partial charge on any atom is -0.419 e. The molecule has 1 N–H and O–H groups in total. The predicted molar refractivity (Wildman–Crippen MR) is 109 cm³/mol. The number of halogens is 1. The summed E-state index contributed by atoms with van der Waals surface area (Å²) < 4.78 is 18.7. The van der Waals surface area contributed by atoms with Crippen molar-refractivity contribution in [1.29, 1.82) is 0 Å². The molecular formula is C21H20FN5O4. The van der Waals surface area contributed by atoms with Crippen molar-refractivity contribution in [2.24, 2.45) is 0 Å². The van der Waals surface area contributed by atoms with Gasteiger partial charge in [-0.15, -0.1) is 10.2 Å². The first-order chi connectivity index (χ1) is 15.0. The normalized spacial score (nSPS) is 15.0. The Morgan fingerprint density at radius 1 is 1.13 bits per heavy atom. The molecule has 9 nitrogen and oxygen atoms in total. The second kappa shape index (κ2) is 9.00. The number of aromatic nitrogens is 2. The first-order valence-electron chi connectivity index (χ1n) is 9.84. The van der Waals surface area contributed by atoms with Gasteiger partial charge in [0.05, 0.1) is 11.5 Å². The van der Waals surface area contributed by atoms with Crippen LogP contribution >= 0.6 is 0 Å². The van der Waals surface area contributed by atoms with Gasteiger partial charge in [-0.2, -0.15) is 0 Å². The molecule has 2 aromatic carbocycles. The molecule has 0 radical (unpaired) electrons. The number of piperidine rings is 1. The number of hydrogen-bond donors (Lipinski definition) is 1. The number of nitrogens with one attached hydrogen (secondary N) is 1. The van der Waals surface area contributed by atoms with E-state index in [4.69, 9.17) is 4.42 Å². The molecular weight excluding hydrogens is 405 g/mol. The van der Waals surface area contributed by atoms with Gasteiger partial charge in [0.25, 0.3) is 11.6 Å². The standard InChI is InChI=1S/C21H20FN5O4/c22-16-5-1-14(2-6-16)20(28)23-17-9-11-26(12-10-17)13-19-24-25-21(31-19)15-3-7-18(8-4-15)27(29)30/h1-8,17H,9-13H2,(H,23,28). The Kier molecular flexibility index (Phi) is 5.99. The van der Waals surface area contributed by atoms with E-state index in [1.54, 1.807) is 12.1 Å². The fraction of sp³-hybridized carbons (Fsp3) is 0.286. The van der Waals surface area contributed by atoms with Gasteiger partial charge in [0, 0.05) is 42.4 Å². The molecule has 31 heavy (non-hydrogen) atoms. The average molecular weight is 425 g/mol. The van der Waals surface area contributed by atoms with E-state index in [9.17, 15) is 19.3 Å². The van der Waals surface area contributed by atoms with Gasteiger partial charge in [0.2, 0.25) is 11.8 Å². The third-order valence-corrected chi connectivity index (χ3v) is 5.18. The van der Waals surface area contributed by atoms with E-state index in [2.05, 4.69) is 20.4 Å². The number of nitro benzene ring substituents is 1. The summed E-state index contributed by atoms with van der Waals surface area (Å²) in [4.78, 5) is 24.7. The quantitative estimate of drug-likeness (QED) is 0.476. The predicted octanol–water partition coefficient (Wildman–Crippen LogP) is 3.18. The fourth-order valence-electron chi connectivity index (χ4n) is 3.46. The van der Waals surface area contributed by atoms with Crippen molar-refractivity contribution in [3.05, 3.63) is 75.9 Å². The third kappa shape index (κ3) is 5.10. The lowest BCUT2D eigenvalue weighted by Gasteiger charge is -2.31. The highest BCUT2D eigenvalue weighted by Crippen LogP contribution is 2.22. The summed E-state index contributed by atoms with van der Waals surface area (Å²) in [5.41, 5.74) is 1.05. The molecule has 0 aliphatic carbocycles. The molecule has 160 valence electrons. The van der Waals surface area contributed by atoms with E-state index in [-0.39, 0.29) is 23.5 Å². The first kappa shape index (κ1) is 20.6. The van der Waals surface area contributed by atoms with Crippen molar-refractivity contribution in [2.45, 2.75) is 25.4 Å². The number of likely N-dealkylation sites (tertiary alicyclic amines) is 1. The third-order valence-electron chi connectivity index (χ3n) is 5.18. The molecule has 10 heteroatoms. The molecule has 1 aliphatic rings. The Labute approximate surface area is 177 Å². The number of amides is 1. The fourth-order valence-corrected chi connectivity index (χ4v) is 3.46. The Bertz CT molecular complexity index is 1060. The van der Waals surface area contributed by atoms with Crippen molar-refractivity contribution < 1.29 is 18.5 Å². The maximum Gasteiger partial charge on any atom is 0.269 e. The van der Waals surface area contributed by atoms with Crippen LogP contribution in [0.15, 0.2) is 52.9 Å². The summed E-state index contributed by atoms with van der Waals surface area (Å²) in [6.45, 7) is 1.99. The van der Waals surface area contributed by atoms with Gasteiger partial charge >= 0.3 is 0 Å². The zero-order valence-corrected chi connectivity index (χ0v) is 16.5. The Hall–Kier alpha value is -3.66. The van der Waals surface area contributed by atoms with Gasteiger partial charge in [-0.25, -0.2) is 4.39 Å². The topological polar surface area (TPSA) is 114 Å². The number of rotatable bonds is 6. The smallest absolute Gasteiger partial charge is 0.269 e. The molecule has 0 atom stereocenters.